The third-order valence-electron chi connectivity index (χ3n) is 1.81. The fourth-order valence-electron chi connectivity index (χ4n) is 1.09. The van der Waals surface area contributed by atoms with Crippen molar-refractivity contribution in [2.75, 3.05) is 11.5 Å². The molecule has 2 rings (SSSR count). The van der Waals surface area contributed by atoms with Crippen LogP contribution in [0.2, 0.25) is 0 Å². The van der Waals surface area contributed by atoms with Gasteiger partial charge in [-0.3, -0.25) is 0 Å². The maximum atomic E-state index is 5.58. The van der Waals surface area contributed by atoms with Gasteiger partial charge in [-0.2, -0.15) is 0 Å². The third kappa shape index (κ3) is 2.30. The lowest BCUT2D eigenvalue weighted by Gasteiger charge is -1.97. The van der Waals surface area contributed by atoms with Crippen LogP contribution in [0.15, 0.2) is 46.8 Å². The van der Waals surface area contributed by atoms with Gasteiger partial charge in [0.15, 0.2) is 5.82 Å². The van der Waals surface area contributed by atoms with E-state index in [1.807, 2.05) is 30.3 Å². The number of nitrogens with zero attached hydrogens (tertiary/aromatic N) is 4. The average molecular weight is 214 g/mol. The number of aromatic nitrogens is 2. The summed E-state index contributed by atoms with van der Waals surface area (Å²) in [5.74, 6) is 0.689. The summed E-state index contributed by atoms with van der Waals surface area (Å²) in [4.78, 5) is 7.75. The van der Waals surface area contributed by atoms with E-state index in [0.29, 0.717) is 0 Å². The maximum absolute atomic E-state index is 5.58. The molecular weight excluding hydrogens is 204 g/mol. The Kier molecular flexibility index (Phi) is 2.73. The summed E-state index contributed by atoms with van der Waals surface area (Å²) in [5.41, 5.74) is 11.7. The molecule has 80 valence electrons. The Hall–Kier alpha value is -2.50. The van der Waals surface area contributed by atoms with Crippen LogP contribution in [0, 0.1) is 0 Å². The molecule has 0 saturated heterocycles. The number of rotatable bonds is 2. The SMILES string of the molecule is Nc1cnc(N=Nc2ccccc2)c(N)n1. The summed E-state index contributed by atoms with van der Waals surface area (Å²) in [6.45, 7) is 0. The van der Waals surface area contributed by atoms with Crippen LogP contribution in [0.25, 0.3) is 0 Å². The number of anilines is 2. The predicted molar refractivity (Wildman–Crippen MR) is 61.5 cm³/mol. The van der Waals surface area contributed by atoms with Gasteiger partial charge in [-0.1, -0.05) is 18.2 Å². The monoisotopic (exact) mass is 214 g/mol. The molecule has 0 spiro atoms. The lowest BCUT2D eigenvalue weighted by molar-refractivity contribution is 1.12. The van der Waals surface area contributed by atoms with Crippen LogP contribution in [0.1, 0.15) is 0 Å². The molecule has 2 aromatic rings. The minimum atomic E-state index is 0.166. The lowest BCUT2D eigenvalue weighted by atomic mass is 10.3. The molecule has 0 bridgehead atoms. The average Bonchev–Trinajstić information content (AvgIpc) is 2.29. The smallest absolute Gasteiger partial charge is 0.217 e. The zero-order valence-electron chi connectivity index (χ0n) is 8.41. The van der Waals surface area contributed by atoms with E-state index in [2.05, 4.69) is 20.2 Å². The van der Waals surface area contributed by atoms with E-state index in [0.717, 1.165) is 5.69 Å². The highest BCUT2D eigenvalue weighted by atomic mass is 15.2. The molecule has 16 heavy (non-hydrogen) atoms. The second kappa shape index (κ2) is 4.35. The molecule has 6 heteroatoms. The first kappa shape index (κ1) is 10.0. The van der Waals surface area contributed by atoms with Gasteiger partial charge < -0.3 is 11.5 Å². The van der Waals surface area contributed by atoms with Crippen molar-refractivity contribution >= 4 is 23.1 Å². The first-order chi connectivity index (χ1) is 7.75. The van der Waals surface area contributed by atoms with E-state index in [-0.39, 0.29) is 17.5 Å². The molecule has 1 heterocycles. The van der Waals surface area contributed by atoms with E-state index < -0.39 is 0 Å². The summed E-state index contributed by atoms with van der Waals surface area (Å²) in [6.07, 6.45) is 1.38. The van der Waals surface area contributed by atoms with Gasteiger partial charge in [-0.25, -0.2) is 9.97 Å². The first-order valence-corrected chi connectivity index (χ1v) is 4.60. The molecule has 1 aromatic carbocycles. The predicted octanol–water partition coefficient (Wildman–Crippen LogP) is 2.06. The van der Waals surface area contributed by atoms with Crippen molar-refractivity contribution in [2.45, 2.75) is 0 Å². The summed E-state index contributed by atoms with van der Waals surface area (Å²) >= 11 is 0. The van der Waals surface area contributed by atoms with Gasteiger partial charge in [0.05, 0.1) is 11.9 Å². The number of hydrogen-bond donors (Lipinski definition) is 2. The second-order valence-corrected chi connectivity index (χ2v) is 3.04. The van der Waals surface area contributed by atoms with Crippen molar-refractivity contribution in [3.05, 3.63) is 36.5 Å². The van der Waals surface area contributed by atoms with Gasteiger partial charge in [0.2, 0.25) is 5.82 Å². The molecule has 0 fully saturated rings. The summed E-state index contributed by atoms with van der Waals surface area (Å²) in [5, 5.41) is 7.86. The highest BCUT2D eigenvalue weighted by Crippen LogP contribution is 2.20. The number of nitrogen functional groups attached to an aromatic ring is 2. The maximum Gasteiger partial charge on any atom is 0.217 e. The summed E-state index contributed by atoms with van der Waals surface area (Å²) < 4.78 is 0. The summed E-state index contributed by atoms with van der Waals surface area (Å²) in [7, 11) is 0. The molecule has 0 aliphatic rings. The molecule has 6 nitrogen and oxygen atoms in total. The Bertz CT molecular complexity index is 508. The van der Waals surface area contributed by atoms with Crippen LogP contribution in [-0.2, 0) is 0 Å². The normalized spacial score (nSPS) is 10.8. The number of benzene rings is 1. The van der Waals surface area contributed by atoms with Gasteiger partial charge in [0.1, 0.15) is 5.82 Å². The number of nitrogens with two attached hydrogens (primary N) is 2. The largest absolute Gasteiger partial charge is 0.382 e. The van der Waals surface area contributed by atoms with Crippen molar-refractivity contribution in [1.29, 1.82) is 0 Å². The number of azo groups is 1. The van der Waals surface area contributed by atoms with Crippen LogP contribution in [0.4, 0.5) is 23.1 Å². The Labute approximate surface area is 92.1 Å². The third-order valence-corrected chi connectivity index (χ3v) is 1.81. The second-order valence-electron chi connectivity index (χ2n) is 3.04. The van der Waals surface area contributed by atoms with E-state index in [1.54, 1.807) is 0 Å². The molecule has 1 aromatic heterocycles. The van der Waals surface area contributed by atoms with Gasteiger partial charge in [0, 0.05) is 0 Å². The van der Waals surface area contributed by atoms with Crippen molar-refractivity contribution in [2.24, 2.45) is 10.2 Å². The minimum Gasteiger partial charge on any atom is -0.382 e. The Morgan fingerprint density at radius 2 is 1.75 bits per heavy atom. The van der Waals surface area contributed by atoms with Crippen LogP contribution in [0.5, 0.6) is 0 Å². The molecule has 0 unspecified atom stereocenters. The van der Waals surface area contributed by atoms with Crippen molar-refractivity contribution in [1.82, 2.24) is 9.97 Å². The fourth-order valence-corrected chi connectivity index (χ4v) is 1.09. The standard InChI is InChI=1S/C10H10N6/c11-8-6-13-10(9(12)14-8)16-15-7-4-2-1-3-5-7/h1-6H,(H4,11,12,14). The Balaban J connectivity index is 2.24. The van der Waals surface area contributed by atoms with Crippen LogP contribution >= 0.6 is 0 Å². The molecular formula is C10H10N6. The van der Waals surface area contributed by atoms with Crippen molar-refractivity contribution in [3.63, 3.8) is 0 Å². The van der Waals surface area contributed by atoms with Crippen molar-refractivity contribution < 1.29 is 0 Å². The molecule has 0 radical (unpaired) electrons. The topological polar surface area (TPSA) is 103 Å². The van der Waals surface area contributed by atoms with Crippen LogP contribution in [0.3, 0.4) is 0 Å². The van der Waals surface area contributed by atoms with Gasteiger partial charge in [-0.15, -0.1) is 10.2 Å². The molecule has 0 aliphatic carbocycles. The van der Waals surface area contributed by atoms with E-state index >= 15 is 0 Å². The molecule has 0 saturated carbocycles. The molecule has 0 atom stereocenters. The highest BCUT2D eigenvalue weighted by molar-refractivity contribution is 5.54. The lowest BCUT2D eigenvalue weighted by Crippen LogP contribution is -1.97. The quantitative estimate of drug-likeness (QED) is 0.746. The van der Waals surface area contributed by atoms with Gasteiger partial charge in [-0.05, 0) is 12.1 Å². The molecule has 0 amide bonds. The molecule has 4 N–H and O–H groups in total. The van der Waals surface area contributed by atoms with Gasteiger partial charge >= 0.3 is 0 Å². The zero-order valence-corrected chi connectivity index (χ0v) is 8.41. The Morgan fingerprint density at radius 3 is 2.44 bits per heavy atom. The highest BCUT2D eigenvalue weighted by Gasteiger charge is 2.00. The minimum absolute atomic E-state index is 0.166. The van der Waals surface area contributed by atoms with E-state index in [1.165, 1.54) is 6.20 Å². The molecule has 0 aliphatic heterocycles. The van der Waals surface area contributed by atoms with Crippen LogP contribution in [-0.4, -0.2) is 9.97 Å². The van der Waals surface area contributed by atoms with E-state index in [9.17, 15) is 0 Å². The van der Waals surface area contributed by atoms with Gasteiger partial charge in [0.25, 0.3) is 0 Å². The Morgan fingerprint density at radius 1 is 1.00 bits per heavy atom. The zero-order chi connectivity index (χ0) is 11.4. The summed E-state index contributed by atoms with van der Waals surface area (Å²) in [6, 6.07) is 9.28. The number of hydrogen-bond acceptors (Lipinski definition) is 6. The first-order valence-electron chi connectivity index (χ1n) is 4.60. The fraction of sp³-hybridized carbons (Fsp3) is 0. The van der Waals surface area contributed by atoms with Crippen LogP contribution < -0.4 is 11.5 Å². The van der Waals surface area contributed by atoms with Crippen molar-refractivity contribution in [3.8, 4) is 0 Å². The van der Waals surface area contributed by atoms with E-state index in [4.69, 9.17) is 11.5 Å².